The van der Waals surface area contributed by atoms with Gasteiger partial charge in [-0.3, -0.25) is 29.6 Å². The van der Waals surface area contributed by atoms with Crippen molar-refractivity contribution in [2.24, 2.45) is 20.0 Å². The summed E-state index contributed by atoms with van der Waals surface area (Å²) < 4.78 is 19.7. The Hall–Kier alpha value is -9.17. The molecular formula is C62H58N8O20Y2Zn2. The van der Waals surface area contributed by atoms with Gasteiger partial charge >= 0.3 is 104 Å². The van der Waals surface area contributed by atoms with Gasteiger partial charge in [-0.15, -0.1) is 0 Å². The first kappa shape index (κ1) is 91.2. The number of carbonyl (C=O) groups is 2. The minimum Gasteiger partial charge on any atom is -0.871 e. The number of hydrogen-bond donors (Lipinski definition) is 0. The molecule has 94 heavy (non-hydrogen) atoms. The van der Waals surface area contributed by atoms with Crippen LogP contribution in [0, 0.1) is 30.6 Å². The van der Waals surface area contributed by atoms with Crippen LogP contribution >= 0.6 is 0 Å². The van der Waals surface area contributed by atoms with E-state index in [9.17, 15) is 50.4 Å². The minimum absolute atomic E-state index is 0. The maximum atomic E-state index is 11.8. The van der Waals surface area contributed by atoms with E-state index in [1.807, 2.05) is 0 Å². The van der Waals surface area contributed by atoms with Crippen LogP contribution in [0.4, 0.5) is 22.7 Å². The largest absolute Gasteiger partial charge is 3.00 e. The normalized spacial score (nSPS) is 9.45. The molecule has 0 aliphatic heterocycles. The van der Waals surface area contributed by atoms with Gasteiger partial charge in [0.15, 0.2) is 0 Å². The number of hydrogen-bond acceptors (Lipinski definition) is 24. The zero-order valence-corrected chi connectivity index (χ0v) is 63.6. The van der Waals surface area contributed by atoms with Crippen LogP contribution in [0.15, 0.2) is 190 Å². The zero-order chi connectivity index (χ0) is 67.6. The third-order valence-electron chi connectivity index (χ3n) is 10.2. The fourth-order valence-electron chi connectivity index (χ4n) is 5.99. The molecule has 2 amide bonds. The average Bonchev–Trinajstić information content (AvgIpc) is 0.984. The van der Waals surface area contributed by atoms with Gasteiger partial charge in [-0.05, 0) is 70.8 Å². The van der Waals surface area contributed by atoms with E-state index >= 15 is 0 Å². The molecule has 0 atom stereocenters. The Morgan fingerprint density at radius 3 is 0.628 bits per heavy atom. The first-order valence-electron chi connectivity index (χ1n) is 25.3. The maximum absolute atomic E-state index is 11.8. The molecule has 0 bridgehead atoms. The van der Waals surface area contributed by atoms with E-state index < -0.39 is 10.2 Å². The van der Waals surface area contributed by atoms with Crippen LogP contribution in [-0.2, 0) is 114 Å². The molecule has 8 aromatic carbocycles. The van der Waals surface area contributed by atoms with E-state index in [2.05, 4.69) is 20.0 Å². The van der Waals surface area contributed by atoms with Crippen molar-refractivity contribution in [3.8, 4) is 69.0 Å². The molecule has 0 fully saturated rings. The van der Waals surface area contributed by atoms with E-state index in [0.717, 1.165) is 12.8 Å². The Morgan fingerprint density at radius 1 is 0.330 bits per heavy atom. The minimum atomic E-state index is -1.75. The van der Waals surface area contributed by atoms with Crippen LogP contribution in [0.2, 0.25) is 0 Å². The number of methoxy groups -OCH3 is 4. The third kappa shape index (κ3) is 36.8. The summed E-state index contributed by atoms with van der Waals surface area (Å²) >= 11 is 0. The Bertz CT molecular complexity index is 3200. The second-order valence-corrected chi connectivity index (χ2v) is 17.0. The Kier molecular flexibility index (Phi) is 50.8. The molecule has 0 radical (unpaired) electrons. The number of aliphatic imine (C=N–C) groups is 4. The number of para-hydroxylation sites is 12. The summed E-state index contributed by atoms with van der Waals surface area (Å²) in [6, 6.07) is 45.2. The second-order valence-electron chi connectivity index (χ2n) is 17.0. The Balaban J connectivity index is -0.000000520. The summed E-state index contributed by atoms with van der Waals surface area (Å²) in [4.78, 5) is 54.3. The standard InChI is InChI=1S/4C14H13NO3.2C3H7NO.2NO3.2Y.2Zn/c4*1-18-13-8-4-5-10(14(13)17)9-15-11-6-2-3-7-12(11)16;2*1-4(2)3-5;2*2-1(3)4;;;;/h4*2-9,16-17H,1H3;2*3H,1-2H3;;;;;;/q;;;;;;2*-1;2*+3;2*+2/p-8. The summed E-state index contributed by atoms with van der Waals surface area (Å²) in [6.45, 7) is 0. The molecule has 476 valence electrons. The SMILES string of the molecule is CN(C)C=O.CN(C)C=O.COc1cccc(C=Nc2ccccc2[O-])c1[O-].COc1cccc(C=Nc2ccccc2[O-])c1[O-].COc1cccc(C=Nc2ccccc2[O-])c1[O-].COc1cccc(C=Nc2ccccc2[O-])c1[O-].O=[N+]([O-])[O-].O=[N+]([O-])[O-].[Y+3].[Y+3].[Zn+2].[Zn+2]. The van der Waals surface area contributed by atoms with Gasteiger partial charge in [0, 0.05) is 53.0 Å². The molecule has 0 saturated heterocycles. The zero-order valence-electron chi connectivity index (χ0n) is 51.9. The van der Waals surface area contributed by atoms with Crippen molar-refractivity contribution < 1.29 is 184 Å². The van der Waals surface area contributed by atoms with Crippen LogP contribution < -0.4 is 59.8 Å². The summed E-state index contributed by atoms with van der Waals surface area (Å²) in [5, 5.41) is 122. The molecule has 0 aromatic heterocycles. The molecule has 8 rings (SSSR count). The number of ether oxygens (including phenoxy) is 4. The van der Waals surface area contributed by atoms with Gasteiger partial charge in [0.2, 0.25) is 12.8 Å². The summed E-state index contributed by atoms with van der Waals surface area (Å²) in [5.41, 5.74) is 2.77. The van der Waals surface area contributed by atoms with Gasteiger partial charge in [0.25, 0.3) is 0 Å². The van der Waals surface area contributed by atoms with Crippen LogP contribution in [0.25, 0.3) is 0 Å². The molecule has 32 heteroatoms. The quantitative estimate of drug-likeness (QED) is 0.0438. The average molecular weight is 1540 g/mol. The van der Waals surface area contributed by atoms with Crippen molar-refractivity contribution in [3.63, 3.8) is 0 Å². The van der Waals surface area contributed by atoms with Gasteiger partial charge in [-0.2, -0.15) is 0 Å². The van der Waals surface area contributed by atoms with Gasteiger partial charge in [0.05, 0.1) is 61.4 Å². The molecule has 0 spiro atoms. The molecule has 0 heterocycles. The van der Waals surface area contributed by atoms with E-state index in [1.165, 1.54) is 87.4 Å². The fraction of sp³-hybridized carbons (Fsp3) is 0.129. The monoisotopic (exact) mass is 1540 g/mol. The fourth-order valence-corrected chi connectivity index (χ4v) is 5.99. The summed E-state index contributed by atoms with van der Waals surface area (Å²) in [5.74, 6) is -0.646. The second kappa shape index (κ2) is 52.3. The topological polar surface area (TPSA) is 444 Å². The molecule has 0 aliphatic rings. The summed E-state index contributed by atoms with van der Waals surface area (Å²) in [6.07, 6.45) is 7.01. The van der Waals surface area contributed by atoms with Crippen molar-refractivity contribution in [3.05, 3.63) is 223 Å². The molecule has 8 aromatic rings. The molecule has 0 unspecified atom stereocenters. The van der Waals surface area contributed by atoms with Crippen molar-refractivity contribution in [2.75, 3.05) is 56.6 Å². The van der Waals surface area contributed by atoms with Crippen LogP contribution in [-0.4, -0.2) is 114 Å². The van der Waals surface area contributed by atoms with Crippen molar-refractivity contribution >= 4 is 60.4 Å². The first-order chi connectivity index (χ1) is 42.9. The number of carbonyl (C=O) groups excluding carboxylic acids is 2. The van der Waals surface area contributed by atoms with Crippen molar-refractivity contribution in [2.45, 2.75) is 0 Å². The van der Waals surface area contributed by atoms with Gasteiger partial charge < -0.3 is 100 Å². The predicted molar refractivity (Wildman–Crippen MR) is 323 cm³/mol. The number of benzene rings is 8. The van der Waals surface area contributed by atoms with Crippen LogP contribution in [0.5, 0.6) is 69.0 Å². The first-order valence-corrected chi connectivity index (χ1v) is 25.3. The Labute approximate surface area is 617 Å². The van der Waals surface area contributed by atoms with Crippen molar-refractivity contribution in [1.29, 1.82) is 0 Å². The smallest absolute Gasteiger partial charge is 0.871 e. The van der Waals surface area contributed by atoms with Crippen LogP contribution in [0.1, 0.15) is 22.3 Å². The molecule has 0 N–H and O–H groups in total. The third-order valence-corrected chi connectivity index (χ3v) is 10.2. The maximum Gasteiger partial charge on any atom is 3.00 e. The number of rotatable bonds is 14. The van der Waals surface area contributed by atoms with Gasteiger partial charge in [-0.25, -0.2) is 0 Å². The summed E-state index contributed by atoms with van der Waals surface area (Å²) in [7, 11) is 12.5. The molecular weight excluding hydrogens is 1490 g/mol. The molecule has 0 aliphatic carbocycles. The van der Waals surface area contributed by atoms with E-state index in [1.54, 1.807) is 174 Å². The van der Waals surface area contributed by atoms with Crippen molar-refractivity contribution in [1.82, 2.24) is 9.80 Å². The molecule has 0 saturated carbocycles. The van der Waals surface area contributed by atoms with Gasteiger partial charge in [-0.1, -0.05) is 167 Å². The van der Waals surface area contributed by atoms with E-state index in [-0.39, 0.29) is 173 Å². The molecule has 28 nitrogen and oxygen atoms in total. The Morgan fingerprint density at radius 2 is 0.489 bits per heavy atom. The van der Waals surface area contributed by atoms with Gasteiger partial charge in [0.1, 0.15) is 23.0 Å². The predicted octanol–water partition coefficient (Wildman–Crippen LogP) is 5.29. The van der Waals surface area contributed by atoms with Crippen LogP contribution in [0.3, 0.4) is 0 Å². The number of nitrogens with zero attached hydrogens (tertiary/aromatic N) is 8. The van der Waals surface area contributed by atoms with E-state index in [0.29, 0.717) is 45.0 Å². The van der Waals surface area contributed by atoms with E-state index in [4.69, 9.17) is 49.6 Å². The number of amides is 2.